The average Bonchev–Trinajstić information content (AvgIpc) is 3.12. The molecule has 0 amide bonds. The number of hydrogen-bond acceptors (Lipinski definition) is 1. The van der Waals surface area contributed by atoms with Gasteiger partial charge in [-0.2, -0.15) is 8.78 Å². The van der Waals surface area contributed by atoms with E-state index in [9.17, 15) is 17.6 Å². The lowest BCUT2D eigenvalue weighted by molar-refractivity contribution is -0.185. The molecule has 0 spiro atoms. The van der Waals surface area contributed by atoms with Crippen molar-refractivity contribution in [2.45, 2.75) is 57.5 Å². The number of benzene rings is 2. The van der Waals surface area contributed by atoms with E-state index < -0.39 is 23.5 Å². The quantitative estimate of drug-likeness (QED) is 0.463. The van der Waals surface area contributed by atoms with E-state index in [1.807, 2.05) is 0 Å². The molecule has 0 bridgehead atoms. The van der Waals surface area contributed by atoms with Crippen molar-refractivity contribution in [2.75, 3.05) is 0 Å². The van der Waals surface area contributed by atoms with Crippen LogP contribution in [-0.4, -0.2) is 0 Å². The van der Waals surface area contributed by atoms with Crippen molar-refractivity contribution < 1.29 is 22.3 Å². The van der Waals surface area contributed by atoms with Crippen LogP contribution in [0.5, 0.6) is 5.75 Å². The summed E-state index contributed by atoms with van der Waals surface area (Å²) in [5, 5.41) is 0. The Balaban J connectivity index is 1.66. The summed E-state index contributed by atoms with van der Waals surface area (Å²) in [5.74, 6) is -1.60. The summed E-state index contributed by atoms with van der Waals surface area (Å²) < 4.78 is 59.4. The fourth-order valence-electron chi connectivity index (χ4n) is 3.83. The zero-order chi connectivity index (χ0) is 19.4. The Morgan fingerprint density at radius 3 is 2.41 bits per heavy atom. The first kappa shape index (κ1) is 19.7. The molecule has 2 unspecified atom stereocenters. The molecule has 1 aliphatic carbocycles. The van der Waals surface area contributed by atoms with Gasteiger partial charge in [0.25, 0.3) is 0 Å². The second-order valence-corrected chi connectivity index (χ2v) is 7.33. The van der Waals surface area contributed by atoms with Crippen LogP contribution in [0.25, 0.3) is 0 Å². The molecule has 1 fully saturated rings. The van der Waals surface area contributed by atoms with Crippen LogP contribution in [0.2, 0.25) is 0 Å². The standard InChI is InChI=1S/C22H24F4O/c1-2-3-4-15-5-6-17(13-15)16-7-9-18(10-8-16)22(25,26)27-19-11-12-20(23)21(24)14-19/h7-12,14-15,17H,2-6,13H2,1H3. The summed E-state index contributed by atoms with van der Waals surface area (Å²) in [6.07, 6.45) is 3.46. The molecule has 146 valence electrons. The van der Waals surface area contributed by atoms with Gasteiger partial charge < -0.3 is 4.74 Å². The zero-order valence-corrected chi connectivity index (χ0v) is 15.4. The van der Waals surface area contributed by atoms with E-state index in [-0.39, 0.29) is 5.56 Å². The number of halogens is 4. The molecule has 2 atom stereocenters. The predicted octanol–water partition coefficient (Wildman–Crippen LogP) is 7.17. The monoisotopic (exact) mass is 380 g/mol. The molecule has 0 aliphatic heterocycles. The van der Waals surface area contributed by atoms with Crippen LogP contribution in [0.4, 0.5) is 17.6 Å². The van der Waals surface area contributed by atoms with Gasteiger partial charge in [0.2, 0.25) is 0 Å². The molecular weight excluding hydrogens is 356 g/mol. The van der Waals surface area contributed by atoms with Gasteiger partial charge in [-0.15, -0.1) is 0 Å². The minimum Gasteiger partial charge on any atom is -0.429 e. The number of alkyl halides is 2. The molecule has 2 aromatic carbocycles. The first-order valence-corrected chi connectivity index (χ1v) is 9.51. The van der Waals surface area contributed by atoms with Crippen molar-refractivity contribution in [3.63, 3.8) is 0 Å². The largest absolute Gasteiger partial charge is 0.429 e. The first-order chi connectivity index (χ1) is 12.9. The third kappa shape index (κ3) is 4.82. The van der Waals surface area contributed by atoms with Crippen LogP contribution >= 0.6 is 0 Å². The second kappa shape index (κ2) is 8.32. The van der Waals surface area contributed by atoms with Gasteiger partial charge in [0.1, 0.15) is 5.75 Å². The molecule has 3 rings (SSSR count). The van der Waals surface area contributed by atoms with Crippen molar-refractivity contribution in [3.8, 4) is 5.75 Å². The SMILES string of the molecule is CCCCC1CCC(c2ccc(C(F)(F)Oc3ccc(F)c(F)c3)cc2)C1. The van der Waals surface area contributed by atoms with E-state index in [0.29, 0.717) is 12.0 Å². The van der Waals surface area contributed by atoms with Crippen molar-refractivity contribution in [3.05, 3.63) is 65.2 Å². The van der Waals surface area contributed by atoms with Gasteiger partial charge in [-0.3, -0.25) is 0 Å². The van der Waals surface area contributed by atoms with Crippen molar-refractivity contribution >= 4 is 0 Å². The Hall–Kier alpha value is -2.04. The third-order valence-corrected chi connectivity index (χ3v) is 5.36. The second-order valence-electron chi connectivity index (χ2n) is 7.33. The highest BCUT2D eigenvalue weighted by molar-refractivity contribution is 5.30. The van der Waals surface area contributed by atoms with E-state index in [4.69, 9.17) is 0 Å². The maximum absolute atomic E-state index is 14.3. The normalized spacial score (nSPS) is 20.0. The zero-order valence-electron chi connectivity index (χ0n) is 15.4. The molecular formula is C22H24F4O. The van der Waals surface area contributed by atoms with Gasteiger partial charge in [0.05, 0.1) is 5.56 Å². The third-order valence-electron chi connectivity index (χ3n) is 5.36. The van der Waals surface area contributed by atoms with Crippen molar-refractivity contribution in [1.82, 2.24) is 0 Å². The maximum atomic E-state index is 14.3. The van der Waals surface area contributed by atoms with Crippen LogP contribution in [0.3, 0.4) is 0 Å². The van der Waals surface area contributed by atoms with Gasteiger partial charge in [-0.1, -0.05) is 38.3 Å². The fraction of sp³-hybridized carbons (Fsp3) is 0.455. The lowest BCUT2D eigenvalue weighted by Gasteiger charge is -2.19. The minimum atomic E-state index is -3.62. The predicted molar refractivity (Wildman–Crippen MR) is 96.9 cm³/mol. The lowest BCUT2D eigenvalue weighted by atomic mass is 9.94. The Kier molecular flexibility index (Phi) is 6.08. The Bertz CT molecular complexity index is 757. The molecule has 27 heavy (non-hydrogen) atoms. The molecule has 0 saturated heterocycles. The average molecular weight is 380 g/mol. The number of ether oxygens (including phenoxy) is 1. The molecule has 1 saturated carbocycles. The van der Waals surface area contributed by atoms with Crippen LogP contribution < -0.4 is 4.74 Å². The molecule has 0 N–H and O–H groups in total. The van der Waals surface area contributed by atoms with Crippen molar-refractivity contribution in [1.29, 1.82) is 0 Å². The topological polar surface area (TPSA) is 9.23 Å². The molecule has 5 heteroatoms. The fourth-order valence-corrected chi connectivity index (χ4v) is 3.83. The molecule has 0 heterocycles. The first-order valence-electron chi connectivity index (χ1n) is 9.51. The Labute approximate surface area is 157 Å². The van der Waals surface area contributed by atoms with Crippen LogP contribution in [0.15, 0.2) is 42.5 Å². The Morgan fingerprint density at radius 2 is 1.74 bits per heavy atom. The van der Waals surface area contributed by atoms with Gasteiger partial charge >= 0.3 is 6.11 Å². The summed E-state index contributed by atoms with van der Waals surface area (Å²) in [7, 11) is 0. The summed E-state index contributed by atoms with van der Waals surface area (Å²) in [6, 6.07) is 8.53. The smallest absolute Gasteiger partial charge is 0.426 e. The van der Waals surface area contributed by atoms with Gasteiger partial charge in [0, 0.05) is 6.07 Å². The summed E-state index contributed by atoms with van der Waals surface area (Å²) in [5.41, 5.74) is 0.762. The van der Waals surface area contributed by atoms with Crippen molar-refractivity contribution in [2.24, 2.45) is 5.92 Å². The van der Waals surface area contributed by atoms with Crippen LogP contribution in [0.1, 0.15) is 62.5 Å². The highest BCUT2D eigenvalue weighted by Crippen LogP contribution is 2.41. The number of rotatable bonds is 7. The molecule has 1 aliphatic rings. The highest BCUT2D eigenvalue weighted by atomic mass is 19.3. The van der Waals surface area contributed by atoms with E-state index in [1.54, 1.807) is 12.1 Å². The van der Waals surface area contributed by atoms with E-state index in [1.165, 1.54) is 37.8 Å². The molecule has 1 nitrogen and oxygen atoms in total. The summed E-state index contributed by atoms with van der Waals surface area (Å²) in [4.78, 5) is 0. The lowest BCUT2D eigenvalue weighted by Crippen LogP contribution is -2.22. The molecule has 0 aromatic heterocycles. The number of unbranched alkanes of at least 4 members (excludes halogenated alkanes) is 1. The summed E-state index contributed by atoms with van der Waals surface area (Å²) in [6.45, 7) is 2.19. The van der Waals surface area contributed by atoms with E-state index in [0.717, 1.165) is 36.5 Å². The highest BCUT2D eigenvalue weighted by Gasteiger charge is 2.35. The van der Waals surface area contributed by atoms with E-state index >= 15 is 0 Å². The van der Waals surface area contributed by atoms with Gasteiger partial charge in [-0.05, 0) is 60.9 Å². The molecule has 2 aromatic rings. The van der Waals surface area contributed by atoms with Gasteiger partial charge in [-0.25, -0.2) is 8.78 Å². The van der Waals surface area contributed by atoms with Crippen LogP contribution in [0, 0.1) is 17.6 Å². The maximum Gasteiger partial charge on any atom is 0.426 e. The molecule has 0 radical (unpaired) electrons. The van der Waals surface area contributed by atoms with Gasteiger partial charge in [0.15, 0.2) is 11.6 Å². The van der Waals surface area contributed by atoms with Crippen LogP contribution in [-0.2, 0) is 6.11 Å². The number of hydrogen-bond donors (Lipinski definition) is 0. The Morgan fingerprint density at radius 1 is 1.00 bits per heavy atom. The summed E-state index contributed by atoms with van der Waals surface area (Å²) >= 11 is 0. The van der Waals surface area contributed by atoms with E-state index in [2.05, 4.69) is 11.7 Å². The minimum absolute atomic E-state index is 0.309.